The molecular weight excluding hydrogens is 230 g/mol. The first-order valence-electron chi connectivity index (χ1n) is 6.15. The third-order valence-electron chi connectivity index (χ3n) is 3.36. The molecule has 4 heteroatoms. The average molecular weight is 249 g/mol. The molecule has 2 rings (SSSR count). The van der Waals surface area contributed by atoms with Gasteiger partial charge in [0.2, 0.25) is 0 Å². The van der Waals surface area contributed by atoms with Gasteiger partial charge in [0.15, 0.2) is 0 Å². The second-order valence-electron chi connectivity index (χ2n) is 4.71. The van der Waals surface area contributed by atoms with Crippen LogP contribution in [0.5, 0.6) is 5.75 Å². The van der Waals surface area contributed by atoms with Gasteiger partial charge in [-0.3, -0.25) is 4.79 Å². The number of nitrogens with one attached hydrogen (secondary N) is 1. The van der Waals surface area contributed by atoms with Crippen molar-refractivity contribution in [1.82, 2.24) is 5.32 Å². The zero-order valence-corrected chi connectivity index (χ0v) is 11.0. The lowest BCUT2D eigenvalue weighted by Gasteiger charge is -2.14. The largest absolute Gasteiger partial charge is 0.489 e. The van der Waals surface area contributed by atoms with Crippen molar-refractivity contribution in [1.29, 1.82) is 0 Å². The van der Waals surface area contributed by atoms with Gasteiger partial charge in [0.25, 0.3) is 0 Å². The van der Waals surface area contributed by atoms with Crippen LogP contribution >= 0.6 is 0 Å². The average Bonchev–Trinajstić information content (AvgIpc) is 2.81. The van der Waals surface area contributed by atoms with Gasteiger partial charge < -0.3 is 14.8 Å². The summed E-state index contributed by atoms with van der Waals surface area (Å²) in [6.45, 7) is 4.81. The molecule has 0 aromatic heterocycles. The van der Waals surface area contributed by atoms with E-state index < -0.39 is 0 Å². The highest BCUT2D eigenvalue weighted by atomic mass is 16.5. The van der Waals surface area contributed by atoms with Crippen molar-refractivity contribution >= 4 is 5.97 Å². The molecule has 0 radical (unpaired) electrons. The normalized spacial score (nSPS) is 22.8. The van der Waals surface area contributed by atoms with Gasteiger partial charge in [-0.25, -0.2) is 0 Å². The van der Waals surface area contributed by atoms with E-state index in [1.165, 1.54) is 18.2 Å². The van der Waals surface area contributed by atoms with E-state index in [1.54, 1.807) is 0 Å². The van der Waals surface area contributed by atoms with Crippen molar-refractivity contribution in [3.63, 3.8) is 0 Å². The minimum absolute atomic E-state index is 0.0243. The van der Waals surface area contributed by atoms with Crippen LogP contribution in [0.2, 0.25) is 0 Å². The van der Waals surface area contributed by atoms with Crippen molar-refractivity contribution in [2.24, 2.45) is 0 Å². The summed E-state index contributed by atoms with van der Waals surface area (Å²) in [6.07, 6.45) is 0.677. The molecule has 1 saturated heterocycles. The third-order valence-corrected chi connectivity index (χ3v) is 3.36. The first-order chi connectivity index (χ1) is 8.60. The summed E-state index contributed by atoms with van der Waals surface area (Å²) in [5.41, 5.74) is 2.46. The minimum Gasteiger partial charge on any atom is -0.489 e. The molecule has 0 unspecified atom stereocenters. The fourth-order valence-corrected chi connectivity index (χ4v) is 2.09. The number of esters is 1. The number of rotatable bonds is 3. The Kier molecular flexibility index (Phi) is 3.87. The summed E-state index contributed by atoms with van der Waals surface area (Å²) in [7, 11) is 1.40. The van der Waals surface area contributed by atoms with E-state index in [1.807, 2.05) is 18.2 Å². The Bertz CT molecular complexity index is 445. The van der Waals surface area contributed by atoms with Crippen LogP contribution in [0, 0.1) is 13.8 Å². The first kappa shape index (κ1) is 12.9. The maximum atomic E-state index is 11.4. The van der Waals surface area contributed by atoms with E-state index >= 15 is 0 Å². The Morgan fingerprint density at radius 3 is 2.78 bits per heavy atom. The molecule has 1 heterocycles. The standard InChI is InChI=1S/C14H19NO3/c1-9-4-5-11(6-10(9)2)18-12-7-13(15-8-12)14(16)17-3/h4-6,12-13,15H,7-8H2,1-3H3/t12-,13-/m0/s1. The summed E-state index contributed by atoms with van der Waals surface area (Å²) >= 11 is 0. The number of ether oxygens (including phenoxy) is 2. The summed E-state index contributed by atoms with van der Waals surface area (Å²) in [5.74, 6) is 0.636. The smallest absolute Gasteiger partial charge is 0.323 e. The van der Waals surface area contributed by atoms with Crippen molar-refractivity contribution in [3.05, 3.63) is 29.3 Å². The molecule has 1 aromatic carbocycles. The number of benzene rings is 1. The minimum atomic E-state index is -0.244. The first-order valence-corrected chi connectivity index (χ1v) is 6.15. The maximum Gasteiger partial charge on any atom is 0.323 e. The summed E-state index contributed by atoms with van der Waals surface area (Å²) < 4.78 is 10.6. The van der Waals surface area contributed by atoms with E-state index in [2.05, 4.69) is 19.2 Å². The maximum absolute atomic E-state index is 11.4. The number of aryl methyl sites for hydroxylation is 2. The van der Waals surface area contributed by atoms with Gasteiger partial charge >= 0.3 is 5.97 Å². The fourth-order valence-electron chi connectivity index (χ4n) is 2.09. The van der Waals surface area contributed by atoms with Crippen molar-refractivity contribution in [2.75, 3.05) is 13.7 Å². The Hall–Kier alpha value is -1.55. The molecule has 1 N–H and O–H groups in total. The highest BCUT2D eigenvalue weighted by Gasteiger charge is 2.31. The topological polar surface area (TPSA) is 47.6 Å². The Labute approximate surface area is 107 Å². The second kappa shape index (κ2) is 5.40. The van der Waals surface area contributed by atoms with Gasteiger partial charge in [0.1, 0.15) is 17.9 Å². The van der Waals surface area contributed by atoms with Crippen LogP contribution in [0.3, 0.4) is 0 Å². The monoisotopic (exact) mass is 249 g/mol. The summed E-state index contributed by atoms with van der Waals surface area (Å²) in [6, 6.07) is 5.80. The number of carbonyl (C=O) groups is 1. The van der Waals surface area contributed by atoms with Crippen LogP contribution in [-0.4, -0.2) is 31.8 Å². The molecule has 0 amide bonds. The molecular formula is C14H19NO3. The predicted octanol–water partition coefficient (Wildman–Crippen LogP) is 1.59. The molecule has 1 aliphatic heterocycles. The highest BCUT2D eigenvalue weighted by Crippen LogP contribution is 2.20. The van der Waals surface area contributed by atoms with Gasteiger partial charge in [-0.1, -0.05) is 6.07 Å². The molecule has 18 heavy (non-hydrogen) atoms. The predicted molar refractivity (Wildman–Crippen MR) is 68.8 cm³/mol. The molecule has 0 saturated carbocycles. The summed E-state index contributed by atoms with van der Waals surface area (Å²) in [4.78, 5) is 11.4. The number of carbonyl (C=O) groups excluding carboxylic acids is 1. The van der Waals surface area contributed by atoms with Crippen LogP contribution in [0.25, 0.3) is 0 Å². The van der Waals surface area contributed by atoms with Gasteiger partial charge in [0, 0.05) is 13.0 Å². The van der Waals surface area contributed by atoms with Crippen LogP contribution in [0.4, 0.5) is 0 Å². The second-order valence-corrected chi connectivity index (χ2v) is 4.71. The molecule has 2 atom stereocenters. The Balaban J connectivity index is 1.95. The van der Waals surface area contributed by atoms with E-state index in [4.69, 9.17) is 9.47 Å². The lowest BCUT2D eigenvalue weighted by atomic mass is 10.1. The lowest BCUT2D eigenvalue weighted by molar-refractivity contribution is -0.142. The molecule has 1 aliphatic rings. The van der Waals surface area contributed by atoms with E-state index in [-0.39, 0.29) is 18.1 Å². The third kappa shape index (κ3) is 2.82. The quantitative estimate of drug-likeness (QED) is 0.826. The SMILES string of the molecule is COC(=O)[C@@H]1C[C@H](Oc2ccc(C)c(C)c2)CN1. The zero-order chi connectivity index (χ0) is 13.1. The molecule has 1 aromatic rings. The number of hydrogen-bond donors (Lipinski definition) is 1. The van der Waals surface area contributed by atoms with E-state index in [0.717, 1.165) is 5.75 Å². The van der Waals surface area contributed by atoms with Crippen LogP contribution in [0.15, 0.2) is 18.2 Å². The Morgan fingerprint density at radius 2 is 2.11 bits per heavy atom. The van der Waals surface area contributed by atoms with Crippen molar-refractivity contribution in [2.45, 2.75) is 32.4 Å². The zero-order valence-electron chi connectivity index (χ0n) is 11.0. The molecule has 98 valence electrons. The lowest BCUT2D eigenvalue weighted by Crippen LogP contribution is -2.31. The number of methoxy groups -OCH3 is 1. The van der Waals surface area contributed by atoms with Crippen LogP contribution in [0.1, 0.15) is 17.5 Å². The van der Waals surface area contributed by atoms with Crippen LogP contribution in [-0.2, 0) is 9.53 Å². The van der Waals surface area contributed by atoms with Gasteiger partial charge in [-0.05, 0) is 37.1 Å². The fraction of sp³-hybridized carbons (Fsp3) is 0.500. The molecule has 4 nitrogen and oxygen atoms in total. The molecule has 0 bridgehead atoms. The molecule has 0 spiro atoms. The molecule has 0 aliphatic carbocycles. The van der Waals surface area contributed by atoms with Crippen molar-refractivity contribution in [3.8, 4) is 5.75 Å². The van der Waals surface area contributed by atoms with Gasteiger partial charge in [-0.15, -0.1) is 0 Å². The highest BCUT2D eigenvalue weighted by molar-refractivity contribution is 5.76. The van der Waals surface area contributed by atoms with Crippen LogP contribution < -0.4 is 10.1 Å². The van der Waals surface area contributed by atoms with E-state index in [9.17, 15) is 4.79 Å². The number of hydrogen-bond acceptors (Lipinski definition) is 4. The van der Waals surface area contributed by atoms with Gasteiger partial charge in [-0.2, -0.15) is 0 Å². The Morgan fingerprint density at radius 1 is 1.33 bits per heavy atom. The van der Waals surface area contributed by atoms with E-state index in [0.29, 0.717) is 13.0 Å². The van der Waals surface area contributed by atoms with Gasteiger partial charge in [0.05, 0.1) is 7.11 Å². The molecule has 1 fully saturated rings. The van der Waals surface area contributed by atoms with Crippen molar-refractivity contribution < 1.29 is 14.3 Å². The summed E-state index contributed by atoms with van der Waals surface area (Å²) in [5, 5.41) is 3.10.